The number of hydrogen-bond acceptors (Lipinski definition) is 2. The zero-order valence-corrected chi connectivity index (χ0v) is 9.68. The molecule has 2 nitrogen and oxygen atoms in total. The minimum Gasteiger partial charge on any atom is -0.373 e. The Labute approximate surface area is 95.6 Å². The second-order valence-electron chi connectivity index (χ2n) is 3.96. The average Bonchev–Trinajstić information content (AvgIpc) is 2.31. The normalized spacial score (nSPS) is 20.1. The highest BCUT2D eigenvalue weighted by atomic mass is 35.5. The van der Waals surface area contributed by atoms with E-state index in [0.29, 0.717) is 0 Å². The lowest BCUT2D eigenvalue weighted by atomic mass is 9.85. The first-order valence-corrected chi connectivity index (χ1v) is 5.66. The number of rotatable bonds is 2. The molecule has 0 saturated carbocycles. The Kier molecular flexibility index (Phi) is 3.29. The van der Waals surface area contributed by atoms with Crippen LogP contribution >= 0.6 is 11.6 Å². The van der Waals surface area contributed by atoms with Crippen LogP contribution in [-0.2, 0) is 10.3 Å². The SMILES string of the molecule is COC1(c2ccc(Cl)cc2)CCNCC1. The van der Waals surface area contributed by atoms with Crippen LogP contribution in [0.15, 0.2) is 24.3 Å². The van der Waals surface area contributed by atoms with E-state index in [0.717, 1.165) is 31.0 Å². The van der Waals surface area contributed by atoms with Gasteiger partial charge in [0.25, 0.3) is 0 Å². The maximum absolute atomic E-state index is 5.89. The van der Waals surface area contributed by atoms with Crippen molar-refractivity contribution < 1.29 is 4.74 Å². The second kappa shape index (κ2) is 4.52. The quantitative estimate of drug-likeness (QED) is 0.836. The van der Waals surface area contributed by atoms with Crippen LogP contribution in [0, 0.1) is 0 Å². The summed E-state index contributed by atoms with van der Waals surface area (Å²) >= 11 is 5.89. The van der Waals surface area contributed by atoms with E-state index in [-0.39, 0.29) is 5.60 Å². The number of methoxy groups -OCH3 is 1. The van der Waals surface area contributed by atoms with Gasteiger partial charge >= 0.3 is 0 Å². The van der Waals surface area contributed by atoms with Crippen LogP contribution in [0.25, 0.3) is 0 Å². The van der Waals surface area contributed by atoms with Crippen molar-refractivity contribution in [2.75, 3.05) is 20.2 Å². The number of ether oxygens (including phenoxy) is 1. The summed E-state index contributed by atoms with van der Waals surface area (Å²) < 4.78 is 5.72. The molecule has 1 aromatic carbocycles. The summed E-state index contributed by atoms with van der Waals surface area (Å²) in [6.45, 7) is 2.02. The van der Waals surface area contributed by atoms with Crippen molar-refractivity contribution in [2.24, 2.45) is 0 Å². The maximum atomic E-state index is 5.89. The molecule has 0 spiro atoms. The molecule has 0 aliphatic carbocycles. The van der Waals surface area contributed by atoms with E-state index in [9.17, 15) is 0 Å². The Balaban J connectivity index is 2.28. The summed E-state index contributed by atoms with van der Waals surface area (Å²) in [5, 5.41) is 4.13. The smallest absolute Gasteiger partial charge is 0.0951 e. The topological polar surface area (TPSA) is 21.3 Å². The summed E-state index contributed by atoms with van der Waals surface area (Å²) in [6, 6.07) is 7.99. The first-order valence-electron chi connectivity index (χ1n) is 5.29. The number of hydrogen-bond donors (Lipinski definition) is 1. The van der Waals surface area contributed by atoms with Gasteiger partial charge in [0.1, 0.15) is 0 Å². The molecule has 0 aromatic heterocycles. The van der Waals surface area contributed by atoms with E-state index in [4.69, 9.17) is 16.3 Å². The van der Waals surface area contributed by atoms with Crippen molar-refractivity contribution in [3.63, 3.8) is 0 Å². The summed E-state index contributed by atoms with van der Waals surface area (Å²) in [6.07, 6.45) is 2.04. The molecule has 1 saturated heterocycles. The number of nitrogens with one attached hydrogen (secondary N) is 1. The highest BCUT2D eigenvalue weighted by molar-refractivity contribution is 6.30. The van der Waals surface area contributed by atoms with Gasteiger partial charge in [-0.05, 0) is 43.6 Å². The molecule has 1 heterocycles. The molecule has 0 radical (unpaired) electrons. The minimum atomic E-state index is -0.115. The Bertz CT molecular complexity index is 317. The predicted molar refractivity (Wildman–Crippen MR) is 62.2 cm³/mol. The Morgan fingerprint density at radius 3 is 2.33 bits per heavy atom. The van der Waals surface area contributed by atoms with Gasteiger partial charge in [-0.3, -0.25) is 0 Å². The monoisotopic (exact) mass is 225 g/mol. The van der Waals surface area contributed by atoms with Gasteiger partial charge in [0.15, 0.2) is 0 Å². The third kappa shape index (κ3) is 2.17. The fourth-order valence-electron chi connectivity index (χ4n) is 2.19. The fourth-order valence-corrected chi connectivity index (χ4v) is 2.32. The fraction of sp³-hybridized carbons (Fsp3) is 0.500. The van der Waals surface area contributed by atoms with Gasteiger partial charge < -0.3 is 10.1 Å². The summed E-state index contributed by atoms with van der Waals surface area (Å²) in [5.74, 6) is 0. The number of benzene rings is 1. The van der Waals surface area contributed by atoms with Crippen molar-refractivity contribution in [3.8, 4) is 0 Å². The van der Waals surface area contributed by atoms with Crippen LogP contribution in [-0.4, -0.2) is 20.2 Å². The molecule has 3 heteroatoms. The van der Waals surface area contributed by atoms with Gasteiger partial charge in [-0.1, -0.05) is 23.7 Å². The van der Waals surface area contributed by atoms with Gasteiger partial charge in [0.2, 0.25) is 0 Å². The molecule has 1 aliphatic heterocycles. The van der Waals surface area contributed by atoms with E-state index < -0.39 is 0 Å². The molecule has 2 rings (SSSR count). The van der Waals surface area contributed by atoms with Gasteiger partial charge in [0, 0.05) is 12.1 Å². The lowest BCUT2D eigenvalue weighted by Crippen LogP contribution is -2.41. The van der Waals surface area contributed by atoms with Gasteiger partial charge in [0.05, 0.1) is 5.60 Å². The Morgan fingerprint density at radius 2 is 1.80 bits per heavy atom. The van der Waals surface area contributed by atoms with E-state index in [2.05, 4.69) is 17.4 Å². The largest absolute Gasteiger partial charge is 0.373 e. The molecule has 0 atom stereocenters. The standard InChI is InChI=1S/C12H16ClNO/c1-15-12(6-8-14-9-7-12)10-2-4-11(13)5-3-10/h2-5,14H,6-9H2,1H3. The van der Waals surface area contributed by atoms with Crippen molar-refractivity contribution >= 4 is 11.6 Å². The second-order valence-corrected chi connectivity index (χ2v) is 4.39. The summed E-state index contributed by atoms with van der Waals surface area (Å²) in [5.41, 5.74) is 1.12. The van der Waals surface area contributed by atoms with Crippen molar-refractivity contribution in [1.82, 2.24) is 5.32 Å². The molecule has 1 aromatic rings. The van der Waals surface area contributed by atoms with E-state index in [1.807, 2.05) is 12.1 Å². The van der Waals surface area contributed by atoms with Crippen LogP contribution in [0.3, 0.4) is 0 Å². The predicted octanol–water partition coefficient (Wildman–Crippen LogP) is 2.57. The first kappa shape index (κ1) is 10.9. The molecule has 0 amide bonds. The van der Waals surface area contributed by atoms with Crippen molar-refractivity contribution in [2.45, 2.75) is 18.4 Å². The van der Waals surface area contributed by atoms with E-state index in [1.165, 1.54) is 5.56 Å². The molecule has 1 fully saturated rings. The third-order valence-corrected chi connectivity index (χ3v) is 3.42. The number of halogens is 1. The average molecular weight is 226 g/mol. The molecular weight excluding hydrogens is 210 g/mol. The highest BCUT2D eigenvalue weighted by Gasteiger charge is 2.33. The Morgan fingerprint density at radius 1 is 1.20 bits per heavy atom. The van der Waals surface area contributed by atoms with Crippen LogP contribution < -0.4 is 5.32 Å². The third-order valence-electron chi connectivity index (χ3n) is 3.17. The van der Waals surface area contributed by atoms with E-state index in [1.54, 1.807) is 7.11 Å². The highest BCUT2D eigenvalue weighted by Crippen LogP contribution is 2.34. The van der Waals surface area contributed by atoms with Crippen LogP contribution in [0.2, 0.25) is 5.02 Å². The molecule has 0 unspecified atom stereocenters. The van der Waals surface area contributed by atoms with Crippen LogP contribution in [0.5, 0.6) is 0 Å². The van der Waals surface area contributed by atoms with Crippen molar-refractivity contribution in [1.29, 1.82) is 0 Å². The van der Waals surface area contributed by atoms with E-state index >= 15 is 0 Å². The lowest BCUT2D eigenvalue weighted by molar-refractivity contribution is -0.0391. The van der Waals surface area contributed by atoms with Gasteiger partial charge in [-0.15, -0.1) is 0 Å². The molecule has 1 aliphatic rings. The zero-order valence-electron chi connectivity index (χ0n) is 8.92. The van der Waals surface area contributed by atoms with Gasteiger partial charge in [-0.25, -0.2) is 0 Å². The molecule has 0 bridgehead atoms. The van der Waals surface area contributed by atoms with Gasteiger partial charge in [-0.2, -0.15) is 0 Å². The number of piperidine rings is 1. The molecular formula is C12H16ClNO. The molecule has 15 heavy (non-hydrogen) atoms. The van der Waals surface area contributed by atoms with Crippen molar-refractivity contribution in [3.05, 3.63) is 34.9 Å². The molecule has 1 N–H and O–H groups in total. The summed E-state index contributed by atoms with van der Waals surface area (Å²) in [7, 11) is 1.79. The molecule has 82 valence electrons. The lowest BCUT2D eigenvalue weighted by Gasteiger charge is -2.36. The van der Waals surface area contributed by atoms with Crippen LogP contribution in [0.4, 0.5) is 0 Å². The first-order chi connectivity index (χ1) is 7.27. The maximum Gasteiger partial charge on any atom is 0.0951 e. The zero-order chi connectivity index (χ0) is 10.7. The summed E-state index contributed by atoms with van der Waals surface area (Å²) in [4.78, 5) is 0. The minimum absolute atomic E-state index is 0.115. The Hall–Kier alpha value is -0.570. The van der Waals surface area contributed by atoms with Crippen LogP contribution in [0.1, 0.15) is 18.4 Å².